The third-order valence-corrected chi connectivity index (χ3v) is 4.33. The Kier molecular flexibility index (Phi) is 4.42. The molecular weight excluding hydrogens is 263 g/mol. The number of hydrogen-bond acceptors (Lipinski definition) is 2. The zero-order valence-corrected chi connectivity index (χ0v) is 11.2. The molecule has 16 heavy (non-hydrogen) atoms. The molecule has 1 aromatic rings. The standard InChI is InChI=1S/C12H14Cl2OS/c13-10-2-1-8(6-11(10)14)5-9-7-15-4-3-12(9)16/h1-2,6,9,12,16H,3-5,7H2. The summed E-state index contributed by atoms with van der Waals surface area (Å²) in [4.78, 5) is 0. The first-order valence-corrected chi connectivity index (χ1v) is 6.64. The molecule has 2 atom stereocenters. The molecule has 0 amide bonds. The Morgan fingerprint density at radius 1 is 1.31 bits per heavy atom. The van der Waals surface area contributed by atoms with E-state index in [4.69, 9.17) is 27.9 Å². The van der Waals surface area contributed by atoms with Gasteiger partial charge in [-0.05, 0) is 36.5 Å². The van der Waals surface area contributed by atoms with Crippen molar-refractivity contribution in [2.45, 2.75) is 18.1 Å². The van der Waals surface area contributed by atoms with Gasteiger partial charge in [0.1, 0.15) is 0 Å². The van der Waals surface area contributed by atoms with E-state index < -0.39 is 0 Å². The second kappa shape index (κ2) is 5.63. The molecule has 1 heterocycles. The highest BCUT2D eigenvalue weighted by Gasteiger charge is 2.22. The van der Waals surface area contributed by atoms with E-state index in [1.165, 1.54) is 5.56 Å². The number of rotatable bonds is 2. The molecule has 1 fully saturated rings. The topological polar surface area (TPSA) is 9.23 Å². The van der Waals surface area contributed by atoms with Gasteiger partial charge in [0.2, 0.25) is 0 Å². The van der Waals surface area contributed by atoms with Crippen molar-refractivity contribution in [2.24, 2.45) is 5.92 Å². The van der Waals surface area contributed by atoms with Crippen molar-refractivity contribution in [1.82, 2.24) is 0 Å². The fourth-order valence-electron chi connectivity index (χ4n) is 1.95. The molecule has 0 radical (unpaired) electrons. The minimum absolute atomic E-state index is 0.420. The van der Waals surface area contributed by atoms with Crippen LogP contribution in [0, 0.1) is 5.92 Å². The van der Waals surface area contributed by atoms with Crippen molar-refractivity contribution in [3.8, 4) is 0 Å². The first kappa shape index (κ1) is 12.6. The molecule has 0 spiro atoms. The van der Waals surface area contributed by atoms with Crippen LogP contribution in [-0.2, 0) is 11.2 Å². The zero-order chi connectivity index (χ0) is 11.5. The Balaban J connectivity index is 2.05. The van der Waals surface area contributed by atoms with E-state index in [9.17, 15) is 0 Å². The fourth-order valence-corrected chi connectivity index (χ4v) is 2.57. The van der Waals surface area contributed by atoms with Crippen molar-refractivity contribution >= 4 is 35.8 Å². The molecule has 1 aromatic carbocycles. The van der Waals surface area contributed by atoms with E-state index in [0.717, 1.165) is 26.1 Å². The highest BCUT2D eigenvalue weighted by Crippen LogP contribution is 2.27. The molecule has 0 saturated carbocycles. The molecule has 2 unspecified atom stereocenters. The zero-order valence-electron chi connectivity index (χ0n) is 8.83. The lowest BCUT2D eigenvalue weighted by molar-refractivity contribution is 0.0596. The van der Waals surface area contributed by atoms with Crippen molar-refractivity contribution in [3.05, 3.63) is 33.8 Å². The lowest BCUT2D eigenvalue weighted by Gasteiger charge is -2.28. The van der Waals surface area contributed by atoms with Gasteiger partial charge in [-0.2, -0.15) is 12.6 Å². The van der Waals surface area contributed by atoms with Gasteiger partial charge in [0, 0.05) is 11.9 Å². The molecule has 0 aliphatic carbocycles. The summed E-state index contributed by atoms with van der Waals surface area (Å²) >= 11 is 16.5. The lowest BCUT2D eigenvalue weighted by Crippen LogP contribution is -2.29. The van der Waals surface area contributed by atoms with E-state index in [1.807, 2.05) is 18.2 Å². The van der Waals surface area contributed by atoms with Gasteiger partial charge in [-0.25, -0.2) is 0 Å². The van der Waals surface area contributed by atoms with Gasteiger partial charge in [-0.1, -0.05) is 29.3 Å². The average Bonchev–Trinajstić information content (AvgIpc) is 2.27. The Morgan fingerprint density at radius 3 is 2.81 bits per heavy atom. The number of benzene rings is 1. The van der Waals surface area contributed by atoms with Crippen LogP contribution < -0.4 is 0 Å². The second-order valence-electron chi connectivity index (χ2n) is 4.14. The van der Waals surface area contributed by atoms with Gasteiger partial charge in [0.25, 0.3) is 0 Å². The largest absolute Gasteiger partial charge is 0.381 e. The molecule has 0 aromatic heterocycles. The van der Waals surface area contributed by atoms with E-state index in [-0.39, 0.29) is 0 Å². The van der Waals surface area contributed by atoms with Crippen molar-refractivity contribution in [2.75, 3.05) is 13.2 Å². The minimum atomic E-state index is 0.420. The summed E-state index contributed by atoms with van der Waals surface area (Å²) < 4.78 is 5.47. The van der Waals surface area contributed by atoms with Gasteiger partial charge in [0.15, 0.2) is 0 Å². The Labute approximate surface area is 111 Å². The summed E-state index contributed by atoms with van der Waals surface area (Å²) in [6.07, 6.45) is 1.97. The Bertz CT molecular complexity index is 370. The minimum Gasteiger partial charge on any atom is -0.381 e. The van der Waals surface area contributed by atoms with E-state index in [2.05, 4.69) is 12.6 Å². The molecule has 1 aliphatic heterocycles. The molecular formula is C12H14Cl2OS. The maximum absolute atomic E-state index is 5.99. The summed E-state index contributed by atoms with van der Waals surface area (Å²) in [7, 11) is 0. The Hall–Kier alpha value is 0.110. The van der Waals surface area contributed by atoms with Crippen LogP contribution in [0.4, 0.5) is 0 Å². The fraction of sp³-hybridized carbons (Fsp3) is 0.500. The van der Waals surface area contributed by atoms with Crippen LogP contribution in [0.1, 0.15) is 12.0 Å². The summed E-state index contributed by atoms with van der Waals surface area (Å²) in [6.45, 7) is 1.61. The van der Waals surface area contributed by atoms with Crippen LogP contribution >= 0.6 is 35.8 Å². The van der Waals surface area contributed by atoms with Gasteiger partial charge < -0.3 is 4.74 Å². The lowest BCUT2D eigenvalue weighted by atomic mass is 9.94. The predicted molar refractivity (Wildman–Crippen MR) is 71.9 cm³/mol. The third kappa shape index (κ3) is 3.07. The van der Waals surface area contributed by atoms with Crippen molar-refractivity contribution in [3.63, 3.8) is 0 Å². The van der Waals surface area contributed by atoms with Gasteiger partial charge in [-0.3, -0.25) is 0 Å². The second-order valence-corrected chi connectivity index (χ2v) is 5.62. The summed E-state index contributed by atoms with van der Waals surface area (Å²) in [5.41, 5.74) is 1.20. The van der Waals surface area contributed by atoms with Crippen LogP contribution in [0.25, 0.3) is 0 Å². The number of thiol groups is 1. The van der Waals surface area contributed by atoms with Crippen LogP contribution in [0.15, 0.2) is 18.2 Å². The molecule has 88 valence electrons. The Morgan fingerprint density at radius 2 is 2.12 bits per heavy atom. The predicted octanol–water partition coefficient (Wildman–Crippen LogP) is 3.87. The van der Waals surface area contributed by atoms with Gasteiger partial charge >= 0.3 is 0 Å². The van der Waals surface area contributed by atoms with Crippen LogP contribution in [0.5, 0.6) is 0 Å². The van der Waals surface area contributed by atoms with E-state index >= 15 is 0 Å². The summed E-state index contributed by atoms with van der Waals surface area (Å²) in [5.74, 6) is 0.467. The first-order valence-electron chi connectivity index (χ1n) is 5.36. The van der Waals surface area contributed by atoms with Crippen LogP contribution in [0.3, 0.4) is 0 Å². The van der Waals surface area contributed by atoms with Crippen molar-refractivity contribution in [1.29, 1.82) is 0 Å². The molecule has 0 N–H and O–H groups in total. The third-order valence-electron chi connectivity index (χ3n) is 2.92. The van der Waals surface area contributed by atoms with Crippen molar-refractivity contribution < 1.29 is 4.74 Å². The van der Waals surface area contributed by atoms with Gasteiger partial charge in [-0.15, -0.1) is 0 Å². The van der Waals surface area contributed by atoms with Crippen LogP contribution in [0.2, 0.25) is 10.0 Å². The smallest absolute Gasteiger partial charge is 0.0595 e. The van der Waals surface area contributed by atoms with Gasteiger partial charge in [0.05, 0.1) is 16.7 Å². The number of halogens is 2. The SMILES string of the molecule is SC1CCOCC1Cc1ccc(Cl)c(Cl)c1. The van der Waals surface area contributed by atoms with Crippen LogP contribution in [-0.4, -0.2) is 18.5 Å². The summed E-state index contributed by atoms with van der Waals surface area (Å²) in [5, 5.41) is 1.64. The highest BCUT2D eigenvalue weighted by molar-refractivity contribution is 7.81. The average molecular weight is 277 g/mol. The van der Waals surface area contributed by atoms with E-state index in [0.29, 0.717) is 21.2 Å². The normalized spacial score (nSPS) is 25.7. The first-order chi connectivity index (χ1) is 7.66. The molecule has 1 nitrogen and oxygen atoms in total. The highest BCUT2D eigenvalue weighted by atomic mass is 35.5. The number of ether oxygens (including phenoxy) is 1. The molecule has 1 saturated heterocycles. The molecule has 0 bridgehead atoms. The molecule has 2 rings (SSSR count). The molecule has 1 aliphatic rings. The number of hydrogen-bond donors (Lipinski definition) is 1. The molecule has 4 heteroatoms. The quantitative estimate of drug-likeness (QED) is 0.807. The monoisotopic (exact) mass is 276 g/mol. The van der Waals surface area contributed by atoms with E-state index in [1.54, 1.807) is 0 Å². The maximum atomic E-state index is 5.99. The summed E-state index contributed by atoms with van der Waals surface area (Å²) in [6, 6.07) is 5.79. The maximum Gasteiger partial charge on any atom is 0.0595 e.